The molecule has 2 amide bonds. The Morgan fingerprint density at radius 2 is 1.68 bits per heavy atom. The Morgan fingerprint density at radius 1 is 1.04 bits per heavy atom. The van der Waals surface area contributed by atoms with Crippen LogP contribution in [0, 0.1) is 11.7 Å². The highest BCUT2D eigenvalue weighted by molar-refractivity contribution is 5.88. The number of piperidine rings is 1. The molecule has 0 aromatic heterocycles. The second-order valence-corrected chi connectivity index (χ2v) is 7.55. The van der Waals surface area contributed by atoms with Crippen molar-refractivity contribution in [3.63, 3.8) is 0 Å². The molecule has 148 valence electrons. The SMILES string of the molecule is C[C@H](NC(=O)Cc1ccc(F)cc1)C(=O)N1CCC(Cc2ccccc2)CC1. The van der Waals surface area contributed by atoms with Crippen molar-refractivity contribution in [1.29, 1.82) is 0 Å². The fourth-order valence-corrected chi connectivity index (χ4v) is 3.72. The van der Waals surface area contributed by atoms with Crippen LogP contribution < -0.4 is 5.32 Å². The van der Waals surface area contributed by atoms with Gasteiger partial charge < -0.3 is 10.2 Å². The average molecular weight is 382 g/mol. The van der Waals surface area contributed by atoms with Gasteiger partial charge in [0.2, 0.25) is 11.8 Å². The van der Waals surface area contributed by atoms with Gasteiger partial charge in [0, 0.05) is 13.1 Å². The molecule has 0 radical (unpaired) electrons. The first kappa shape index (κ1) is 20.1. The topological polar surface area (TPSA) is 49.4 Å². The third-order valence-electron chi connectivity index (χ3n) is 5.32. The monoisotopic (exact) mass is 382 g/mol. The normalized spacial score (nSPS) is 15.9. The Labute approximate surface area is 165 Å². The van der Waals surface area contributed by atoms with Gasteiger partial charge in [-0.05, 0) is 55.4 Å². The summed E-state index contributed by atoms with van der Waals surface area (Å²) < 4.78 is 12.9. The maximum atomic E-state index is 12.9. The van der Waals surface area contributed by atoms with E-state index in [9.17, 15) is 14.0 Å². The third-order valence-corrected chi connectivity index (χ3v) is 5.32. The molecule has 0 unspecified atom stereocenters. The summed E-state index contributed by atoms with van der Waals surface area (Å²) in [7, 11) is 0. The lowest BCUT2D eigenvalue weighted by Gasteiger charge is -2.33. The molecule has 1 fully saturated rings. The molecule has 0 bridgehead atoms. The van der Waals surface area contributed by atoms with Gasteiger partial charge in [0.1, 0.15) is 11.9 Å². The summed E-state index contributed by atoms with van der Waals surface area (Å²) in [5, 5.41) is 2.77. The third kappa shape index (κ3) is 5.65. The number of benzene rings is 2. The number of hydrogen-bond acceptors (Lipinski definition) is 2. The van der Waals surface area contributed by atoms with Gasteiger partial charge in [0.15, 0.2) is 0 Å². The van der Waals surface area contributed by atoms with Crippen molar-refractivity contribution in [2.45, 2.75) is 38.6 Å². The van der Waals surface area contributed by atoms with Gasteiger partial charge in [-0.25, -0.2) is 4.39 Å². The van der Waals surface area contributed by atoms with Crippen molar-refractivity contribution in [3.05, 3.63) is 71.5 Å². The summed E-state index contributed by atoms with van der Waals surface area (Å²) in [6.45, 7) is 3.18. The molecule has 0 spiro atoms. The minimum Gasteiger partial charge on any atom is -0.344 e. The van der Waals surface area contributed by atoms with Crippen molar-refractivity contribution in [3.8, 4) is 0 Å². The first-order chi connectivity index (χ1) is 13.5. The van der Waals surface area contributed by atoms with Crippen LogP contribution in [0.2, 0.25) is 0 Å². The highest BCUT2D eigenvalue weighted by Gasteiger charge is 2.26. The number of amides is 2. The number of nitrogens with one attached hydrogen (secondary N) is 1. The maximum absolute atomic E-state index is 12.9. The number of carbonyl (C=O) groups excluding carboxylic acids is 2. The highest BCUT2D eigenvalue weighted by Crippen LogP contribution is 2.22. The van der Waals surface area contributed by atoms with E-state index in [0.717, 1.165) is 37.9 Å². The second kappa shape index (κ2) is 9.49. The molecule has 1 atom stereocenters. The fraction of sp³-hybridized carbons (Fsp3) is 0.391. The molecule has 1 aliphatic heterocycles. The van der Waals surface area contributed by atoms with Gasteiger partial charge in [-0.3, -0.25) is 9.59 Å². The minimum absolute atomic E-state index is 0.0365. The van der Waals surface area contributed by atoms with Crippen LogP contribution in [0.15, 0.2) is 54.6 Å². The Bertz CT molecular complexity index is 784. The van der Waals surface area contributed by atoms with Crippen molar-refractivity contribution >= 4 is 11.8 Å². The van der Waals surface area contributed by atoms with E-state index in [1.54, 1.807) is 19.1 Å². The van der Waals surface area contributed by atoms with Crippen LogP contribution in [0.1, 0.15) is 30.9 Å². The lowest BCUT2D eigenvalue weighted by molar-refractivity contribution is -0.137. The molecule has 1 aliphatic rings. The molecule has 4 nitrogen and oxygen atoms in total. The average Bonchev–Trinajstić information content (AvgIpc) is 2.70. The van der Waals surface area contributed by atoms with Gasteiger partial charge in [0.25, 0.3) is 0 Å². The van der Waals surface area contributed by atoms with Crippen LogP contribution in [0.3, 0.4) is 0 Å². The summed E-state index contributed by atoms with van der Waals surface area (Å²) in [6, 6.07) is 15.7. The maximum Gasteiger partial charge on any atom is 0.244 e. The zero-order chi connectivity index (χ0) is 19.9. The molecule has 0 aliphatic carbocycles. The number of carbonyl (C=O) groups is 2. The lowest BCUT2D eigenvalue weighted by atomic mass is 9.90. The molecular formula is C23H27FN2O2. The lowest BCUT2D eigenvalue weighted by Crippen LogP contribution is -2.49. The van der Waals surface area contributed by atoms with Crippen molar-refractivity contribution in [1.82, 2.24) is 10.2 Å². The Hall–Kier alpha value is -2.69. The number of hydrogen-bond donors (Lipinski definition) is 1. The van der Waals surface area contributed by atoms with Gasteiger partial charge in [-0.15, -0.1) is 0 Å². The summed E-state index contributed by atoms with van der Waals surface area (Å²) in [6.07, 6.45) is 3.15. The smallest absolute Gasteiger partial charge is 0.244 e. The Balaban J connectivity index is 1.43. The van der Waals surface area contributed by atoms with E-state index >= 15 is 0 Å². The fourth-order valence-electron chi connectivity index (χ4n) is 3.72. The summed E-state index contributed by atoms with van der Waals surface area (Å²) in [4.78, 5) is 26.7. The summed E-state index contributed by atoms with van der Waals surface area (Å²) in [5.41, 5.74) is 2.06. The minimum atomic E-state index is -0.557. The highest BCUT2D eigenvalue weighted by atomic mass is 19.1. The van der Waals surface area contributed by atoms with Crippen LogP contribution >= 0.6 is 0 Å². The first-order valence-corrected chi connectivity index (χ1v) is 9.88. The zero-order valence-electron chi connectivity index (χ0n) is 16.2. The van der Waals surface area contributed by atoms with E-state index < -0.39 is 6.04 Å². The standard InChI is InChI=1S/C23H27FN2O2/c1-17(25-22(27)16-19-7-9-21(24)10-8-19)23(28)26-13-11-20(12-14-26)15-18-5-3-2-4-6-18/h2-10,17,20H,11-16H2,1H3,(H,25,27)/t17-/m0/s1. The van der Waals surface area contributed by atoms with Crippen molar-refractivity contribution < 1.29 is 14.0 Å². The van der Waals surface area contributed by atoms with Gasteiger partial charge >= 0.3 is 0 Å². The van der Waals surface area contributed by atoms with Crippen LogP contribution in [0.25, 0.3) is 0 Å². The van der Waals surface area contributed by atoms with Gasteiger partial charge in [-0.1, -0.05) is 42.5 Å². The van der Waals surface area contributed by atoms with E-state index in [-0.39, 0.29) is 24.1 Å². The molecule has 2 aromatic rings. The number of rotatable bonds is 6. The van der Waals surface area contributed by atoms with E-state index in [2.05, 4.69) is 29.6 Å². The summed E-state index contributed by atoms with van der Waals surface area (Å²) >= 11 is 0. The first-order valence-electron chi connectivity index (χ1n) is 9.88. The number of likely N-dealkylation sites (tertiary alicyclic amines) is 1. The van der Waals surface area contributed by atoms with Crippen LogP contribution in [-0.2, 0) is 22.4 Å². The van der Waals surface area contributed by atoms with Gasteiger partial charge in [0.05, 0.1) is 6.42 Å². The molecule has 1 saturated heterocycles. The van der Waals surface area contributed by atoms with Crippen LogP contribution in [-0.4, -0.2) is 35.8 Å². The Kier molecular flexibility index (Phi) is 6.80. The molecule has 1 heterocycles. The van der Waals surface area contributed by atoms with E-state index in [4.69, 9.17) is 0 Å². The molecule has 28 heavy (non-hydrogen) atoms. The number of halogens is 1. The quantitative estimate of drug-likeness (QED) is 0.833. The molecule has 5 heteroatoms. The molecule has 1 N–H and O–H groups in total. The van der Waals surface area contributed by atoms with E-state index in [0.29, 0.717) is 5.92 Å². The van der Waals surface area contributed by atoms with Crippen molar-refractivity contribution in [2.75, 3.05) is 13.1 Å². The van der Waals surface area contributed by atoms with E-state index in [1.807, 2.05) is 11.0 Å². The van der Waals surface area contributed by atoms with E-state index in [1.165, 1.54) is 17.7 Å². The molecule has 3 rings (SSSR count). The molecule has 2 aromatic carbocycles. The summed E-state index contributed by atoms with van der Waals surface area (Å²) in [5.74, 6) is -0.00441. The largest absolute Gasteiger partial charge is 0.344 e. The Morgan fingerprint density at radius 3 is 2.32 bits per heavy atom. The second-order valence-electron chi connectivity index (χ2n) is 7.55. The zero-order valence-corrected chi connectivity index (χ0v) is 16.2. The van der Waals surface area contributed by atoms with Crippen LogP contribution in [0.4, 0.5) is 4.39 Å². The molecule has 0 saturated carbocycles. The molecular weight excluding hydrogens is 355 g/mol. The van der Waals surface area contributed by atoms with Gasteiger partial charge in [-0.2, -0.15) is 0 Å². The van der Waals surface area contributed by atoms with Crippen LogP contribution in [0.5, 0.6) is 0 Å². The number of nitrogens with zero attached hydrogens (tertiary/aromatic N) is 1. The predicted octanol–water partition coefficient (Wildman–Crippen LogP) is 3.35. The van der Waals surface area contributed by atoms with Crippen molar-refractivity contribution in [2.24, 2.45) is 5.92 Å². The predicted molar refractivity (Wildman–Crippen MR) is 107 cm³/mol.